The summed E-state index contributed by atoms with van der Waals surface area (Å²) >= 11 is 0. The first kappa shape index (κ1) is 21.4. The number of aryl methyl sites for hydroxylation is 2. The second-order valence-corrected chi connectivity index (χ2v) is 6.47. The van der Waals surface area contributed by atoms with Gasteiger partial charge in [0.1, 0.15) is 5.75 Å². The molecule has 6 heteroatoms. The van der Waals surface area contributed by atoms with Gasteiger partial charge in [-0.15, -0.1) is 0 Å². The number of methoxy groups -OCH3 is 4. The van der Waals surface area contributed by atoms with Crippen LogP contribution in [0.15, 0.2) is 36.4 Å². The largest absolute Gasteiger partial charge is 0.497 e. The maximum atomic E-state index is 11.7. The van der Waals surface area contributed by atoms with Crippen LogP contribution in [0.25, 0.3) is 0 Å². The topological polar surface area (TPSA) is 57.2 Å². The van der Waals surface area contributed by atoms with Gasteiger partial charge in [0.25, 0.3) is 0 Å². The van der Waals surface area contributed by atoms with Gasteiger partial charge >= 0.3 is 6.09 Å². The van der Waals surface area contributed by atoms with Gasteiger partial charge in [0.2, 0.25) is 0 Å². The lowest BCUT2D eigenvalue weighted by Crippen LogP contribution is -2.28. The molecule has 0 fully saturated rings. The average Bonchev–Trinajstić information content (AvgIpc) is 2.75. The number of hydrogen-bond acceptors (Lipinski definition) is 5. The smallest absolute Gasteiger partial charge is 0.409 e. The molecule has 0 saturated heterocycles. The van der Waals surface area contributed by atoms with Crippen molar-refractivity contribution in [2.24, 2.45) is 0 Å². The van der Waals surface area contributed by atoms with E-state index in [9.17, 15) is 4.79 Å². The number of nitrogens with zero attached hydrogens (tertiary/aromatic N) is 1. The third-order valence-electron chi connectivity index (χ3n) is 4.75. The van der Waals surface area contributed by atoms with Gasteiger partial charge in [0.05, 0.1) is 28.4 Å². The molecular weight excluding hydrogens is 358 g/mol. The Morgan fingerprint density at radius 3 is 1.89 bits per heavy atom. The van der Waals surface area contributed by atoms with Gasteiger partial charge in [0.15, 0.2) is 11.5 Å². The molecule has 28 heavy (non-hydrogen) atoms. The molecule has 1 amide bonds. The predicted octanol–water partition coefficient (Wildman–Crippen LogP) is 3.74. The fourth-order valence-electron chi connectivity index (χ4n) is 3.04. The summed E-state index contributed by atoms with van der Waals surface area (Å²) in [6, 6.07) is 12.1. The normalized spacial score (nSPS) is 10.3. The van der Waals surface area contributed by atoms with Crippen LogP contribution in [0, 0.1) is 0 Å². The van der Waals surface area contributed by atoms with Crippen LogP contribution in [0.4, 0.5) is 4.79 Å². The van der Waals surface area contributed by atoms with Gasteiger partial charge in [-0.05, 0) is 60.2 Å². The van der Waals surface area contributed by atoms with E-state index >= 15 is 0 Å². The van der Waals surface area contributed by atoms with E-state index in [-0.39, 0.29) is 6.09 Å². The number of rotatable bonds is 9. The van der Waals surface area contributed by atoms with Crippen molar-refractivity contribution in [2.75, 3.05) is 42.0 Å². The number of hydrogen-bond donors (Lipinski definition) is 0. The molecule has 2 aromatic rings. The standard InChI is InChI=1S/C22H29NO5/c1-23(22(24)28-5)13-12-18-15-21(27-4)20(26-3)14-17(18)9-6-16-7-10-19(25-2)11-8-16/h7-8,10-11,14-15H,6,9,12-13H2,1-5H3. The van der Waals surface area contributed by atoms with Gasteiger partial charge < -0.3 is 23.8 Å². The molecule has 0 aliphatic carbocycles. The van der Waals surface area contributed by atoms with E-state index in [0.717, 1.165) is 24.2 Å². The lowest BCUT2D eigenvalue weighted by molar-refractivity contribution is 0.134. The Morgan fingerprint density at radius 1 is 0.821 bits per heavy atom. The molecule has 0 radical (unpaired) electrons. The van der Waals surface area contributed by atoms with Crippen LogP contribution in [0.3, 0.4) is 0 Å². The zero-order valence-corrected chi connectivity index (χ0v) is 17.3. The fraction of sp³-hybridized carbons (Fsp3) is 0.409. The molecule has 0 saturated carbocycles. The van der Waals surface area contributed by atoms with Crippen LogP contribution < -0.4 is 14.2 Å². The van der Waals surface area contributed by atoms with Crippen LogP contribution in [0.1, 0.15) is 16.7 Å². The average molecular weight is 387 g/mol. The molecule has 6 nitrogen and oxygen atoms in total. The Kier molecular flexibility index (Phi) is 7.99. The monoisotopic (exact) mass is 387 g/mol. The Morgan fingerprint density at radius 2 is 1.39 bits per heavy atom. The van der Waals surface area contributed by atoms with E-state index in [1.54, 1.807) is 33.3 Å². The van der Waals surface area contributed by atoms with Crippen molar-refractivity contribution >= 4 is 6.09 Å². The molecule has 0 spiro atoms. The minimum atomic E-state index is -0.347. The zero-order valence-electron chi connectivity index (χ0n) is 17.3. The molecule has 2 aromatic carbocycles. The SMILES string of the molecule is COC(=O)N(C)CCc1cc(OC)c(OC)cc1CCc1ccc(OC)cc1. The summed E-state index contributed by atoms with van der Waals surface area (Å²) < 4.78 is 20.9. The van der Waals surface area contributed by atoms with Gasteiger partial charge in [-0.3, -0.25) is 0 Å². The highest BCUT2D eigenvalue weighted by Gasteiger charge is 2.14. The molecular formula is C22H29NO5. The van der Waals surface area contributed by atoms with Gasteiger partial charge in [0, 0.05) is 13.6 Å². The Bertz CT molecular complexity index is 773. The van der Waals surface area contributed by atoms with Crippen LogP contribution in [-0.4, -0.2) is 53.0 Å². The molecule has 0 atom stereocenters. The molecule has 0 aliphatic rings. The van der Waals surface area contributed by atoms with Crippen LogP contribution in [-0.2, 0) is 24.0 Å². The van der Waals surface area contributed by atoms with Crippen molar-refractivity contribution in [1.82, 2.24) is 4.90 Å². The predicted molar refractivity (Wildman–Crippen MR) is 109 cm³/mol. The number of ether oxygens (including phenoxy) is 4. The Hall–Kier alpha value is -2.89. The first-order chi connectivity index (χ1) is 13.5. The summed E-state index contributed by atoms with van der Waals surface area (Å²) in [5.74, 6) is 2.24. The van der Waals surface area contributed by atoms with Gasteiger partial charge in [-0.1, -0.05) is 12.1 Å². The van der Waals surface area contributed by atoms with Gasteiger partial charge in [-0.2, -0.15) is 0 Å². The lowest BCUT2D eigenvalue weighted by atomic mass is 9.97. The van der Waals surface area contributed by atoms with E-state index in [1.807, 2.05) is 24.3 Å². The molecule has 2 rings (SSSR count). The van der Waals surface area contributed by atoms with E-state index in [1.165, 1.54) is 18.2 Å². The molecule has 0 aliphatic heterocycles. The van der Waals surface area contributed by atoms with Crippen molar-refractivity contribution in [3.05, 3.63) is 53.1 Å². The number of amides is 1. The highest BCUT2D eigenvalue weighted by Crippen LogP contribution is 2.31. The van der Waals surface area contributed by atoms with Gasteiger partial charge in [-0.25, -0.2) is 4.79 Å². The summed E-state index contributed by atoms with van der Waals surface area (Å²) in [6.07, 6.45) is 2.09. The van der Waals surface area contributed by atoms with E-state index < -0.39 is 0 Å². The second kappa shape index (κ2) is 10.4. The Labute approximate surface area is 167 Å². The second-order valence-electron chi connectivity index (χ2n) is 6.47. The summed E-state index contributed by atoms with van der Waals surface area (Å²) in [4.78, 5) is 13.2. The van der Waals surface area contributed by atoms with Crippen LogP contribution >= 0.6 is 0 Å². The van der Waals surface area contributed by atoms with Crippen molar-refractivity contribution in [3.8, 4) is 17.2 Å². The fourth-order valence-corrected chi connectivity index (χ4v) is 3.04. The van der Waals surface area contributed by atoms with E-state index in [0.29, 0.717) is 24.5 Å². The number of carbonyl (C=O) groups is 1. The molecule has 0 unspecified atom stereocenters. The lowest BCUT2D eigenvalue weighted by Gasteiger charge is -2.19. The first-order valence-electron chi connectivity index (χ1n) is 9.18. The highest BCUT2D eigenvalue weighted by atomic mass is 16.5. The summed E-state index contributed by atoms with van der Waals surface area (Å²) in [6.45, 7) is 0.553. The van der Waals surface area contributed by atoms with Crippen molar-refractivity contribution in [1.29, 1.82) is 0 Å². The molecule has 0 bridgehead atoms. The van der Waals surface area contributed by atoms with Crippen molar-refractivity contribution in [2.45, 2.75) is 19.3 Å². The highest BCUT2D eigenvalue weighted by molar-refractivity contribution is 5.67. The number of likely N-dealkylation sites (N-methyl/N-ethyl adjacent to an activating group) is 1. The molecule has 0 aromatic heterocycles. The molecule has 0 N–H and O–H groups in total. The summed E-state index contributed by atoms with van der Waals surface area (Å²) in [5, 5.41) is 0. The summed E-state index contributed by atoms with van der Waals surface area (Å²) in [5.41, 5.74) is 3.53. The maximum Gasteiger partial charge on any atom is 0.409 e. The maximum absolute atomic E-state index is 11.7. The van der Waals surface area contributed by atoms with E-state index in [4.69, 9.17) is 18.9 Å². The third kappa shape index (κ3) is 5.55. The molecule has 0 heterocycles. The first-order valence-corrected chi connectivity index (χ1v) is 9.18. The van der Waals surface area contributed by atoms with E-state index in [2.05, 4.69) is 12.1 Å². The number of benzene rings is 2. The van der Waals surface area contributed by atoms with Crippen molar-refractivity contribution < 1.29 is 23.7 Å². The quantitative estimate of drug-likeness (QED) is 0.656. The van der Waals surface area contributed by atoms with Crippen LogP contribution in [0.2, 0.25) is 0 Å². The minimum absolute atomic E-state index is 0.347. The number of carbonyl (C=O) groups excluding carboxylic acids is 1. The van der Waals surface area contributed by atoms with Crippen LogP contribution in [0.5, 0.6) is 17.2 Å². The van der Waals surface area contributed by atoms with Crippen molar-refractivity contribution in [3.63, 3.8) is 0 Å². The zero-order chi connectivity index (χ0) is 20.5. The third-order valence-corrected chi connectivity index (χ3v) is 4.75. The summed E-state index contributed by atoms with van der Waals surface area (Å²) in [7, 11) is 8.03. The Balaban J connectivity index is 2.19. The molecule has 152 valence electrons. The minimum Gasteiger partial charge on any atom is -0.497 e.